The van der Waals surface area contributed by atoms with Crippen LogP contribution in [0.2, 0.25) is 0 Å². The molecular formula is C22H30O5. The van der Waals surface area contributed by atoms with E-state index in [0.29, 0.717) is 5.56 Å². The zero-order valence-electron chi connectivity index (χ0n) is 16.8. The minimum absolute atomic E-state index is 0.126. The number of terminal acetylenes is 1. The summed E-state index contributed by atoms with van der Waals surface area (Å²) in [6.45, 7) is 9.94. The molecule has 0 aliphatic carbocycles. The normalized spacial score (nSPS) is 15.7. The number of cyclic esters (lactones) is 1. The molecule has 1 aromatic rings. The summed E-state index contributed by atoms with van der Waals surface area (Å²) in [5.74, 6) is 1.58. The number of aliphatic hydroxyl groups is 1. The molecule has 0 radical (unpaired) electrons. The summed E-state index contributed by atoms with van der Waals surface area (Å²) in [6.07, 6.45) is 6.45. The molecule has 0 amide bonds. The van der Waals surface area contributed by atoms with Crippen LogP contribution in [0, 0.1) is 18.3 Å². The number of hydrogen-bond donors (Lipinski definition) is 1. The second-order valence-electron chi connectivity index (χ2n) is 6.29. The standard InChI is InChI=1S/C16H18O5.C3H8.C3H4/c1-10(2)6-14(18)20-9-11-4-3-5-12(7-11)16-13(17)8-15(19)21-16;2*1-3-2/h3-7,10,16,18H,8-9H2,1-2H3;3H2,1-2H3;1H,2H3/b14-6+;;. The van der Waals surface area contributed by atoms with Crippen LogP contribution in [-0.4, -0.2) is 16.9 Å². The predicted octanol–water partition coefficient (Wildman–Crippen LogP) is 4.87. The summed E-state index contributed by atoms with van der Waals surface area (Å²) < 4.78 is 10.2. The molecule has 2 rings (SSSR count). The molecule has 1 N–H and O–H groups in total. The molecule has 148 valence electrons. The van der Waals surface area contributed by atoms with Crippen LogP contribution in [-0.2, 0) is 25.7 Å². The summed E-state index contributed by atoms with van der Waals surface area (Å²) in [5.41, 5.74) is 1.41. The van der Waals surface area contributed by atoms with Gasteiger partial charge in [-0.25, -0.2) is 0 Å². The van der Waals surface area contributed by atoms with Crippen molar-refractivity contribution in [1.29, 1.82) is 0 Å². The zero-order valence-corrected chi connectivity index (χ0v) is 16.8. The van der Waals surface area contributed by atoms with E-state index in [9.17, 15) is 14.7 Å². The van der Waals surface area contributed by atoms with Gasteiger partial charge in [-0.15, -0.1) is 12.3 Å². The lowest BCUT2D eigenvalue weighted by Gasteiger charge is -2.11. The molecule has 1 aliphatic rings. The molecule has 1 aromatic carbocycles. The fourth-order valence-electron chi connectivity index (χ4n) is 2.06. The maximum absolute atomic E-state index is 11.7. The van der Waals surface area contributed by atoms with Gasteiger partial charge in [0.25, 0.3) is 5.95 Å². The molecule has 5 heteroatoms. The highest BCUT2D eigenvalue weighted by molar-refractivity contribution is 6.03. The van der Waals surface area contributed by atoms with Crippen molar-refractivity contribution in [3.63, 3.8) is 0 Å². The van der Waals surface area contributed by atoms with Crippen LogP contribution in [0.3, 0.4) is 0 Å². The van der Waals surface area contributed by atoms with Gasteiger partial charge in [0.05, 0.1) is 0 Å². The third-order valence-corrected chi connectivity index (χ3v) is 2.98. The lowest BCUT2D eigenvalue weighted by molar-refractivity contribution is -0.142. The number of carbonyl (C=O) groups excluding carboxylic acids is 2. The minimum atomic E-state index is -0.822. The first-order chi connectivity index (χ1) is 12.8. The molecule has 5 nitrogen and oxygen atoms in total. The lowest BCUT2D eigenvalue weighted by atomic mass is 10.0. The third kappa shape index (κ3) is 10.1. The van der Waals surface area contributed by atoms with Crippen molar-refractivity contribution in [2.24, 2.45) is 5.92 Å². The summed E-state index contributed by atoms with van der Waals surface area (Å²) in [6, 6.07) is 7.04. The number of esters is 1. The van der Waals surface area contributed by atoms with Gasteiger partial charge in [-0.2, -0.15) is 0 Å². The van der Waals surface area contributed by atoms with Crippen LogP contribution in [0.1, 0.15) is 64.7 Å². The molecule has 1 aliphatic heterocycles. The number of ether oxygens (including phenoxy) is 2. The molecule has 0 spiro atoms. The third-order valence-electron chi connectivity index (χ3n) is 2.98. The van der Waals surface area contributed by atoms with E-state index >= 15 is 0 Å². The molecule has 1 fully saturated rings. The second-order valence-corrected chi connectivity index (χ2v) is 6.29. The van der Waals surface area contributed by atoms with Gasteiger partial charge in [0.15, 0.2) is 11.9 Å². The van der Waals surface area contributed by atoms with Crippen molar-refractivity contribution >= 4 is 11.8 Å². The van der Waals surface area contributed by atoms with Crippen LogP contribution in [0.15, 0.2) is 36.3 Å². The lowest BCUT2D eigenvalue weighted by Crippen LogP contribution is -2.06. The Labute approximate surface area is 162 Å². The molecule has 0 bridgehead atoms. The Hall–Kier alpha value is -2.74. The fraction of sp³-hybridized carbons (Fsp3) is 0.455. The van der Waals surface area contributed by atoms with Crippen LogP contribution in [0.4, 0.5) is 0 Å². The van der Waals surface area contributed by atoms with Crippen molar-refractivity contribution in [1.82, 2.24) is 0 Å². The topological polar surface area (TPSA) is 72.8 Å². The van der Waals surface area contributed by atoms with Gasteiger partial charge in [0.1, 0.15) is 13.0 Å². The zero-order chi connectivity index (χ0) is 20.8. The molecular weight excluding hydrogens is 344 g/mol. The quantitative estimate of drug-likeness (QED) is 0.344. The number of hydrogen-bond acceptors (Lipinski definition) is 5. The summed E-state index contributed by atoms with van der Waals surface area (Å²) in [4.78, 5) is 22.8. The smallest absolute Gasteiger partial charge is 0.314 e. The van der Waals surface area contributed by atoms with Crippen LogP contribution >= 0.6 is 0 Å². The van der Waals surface area contributed by atoms with Gasteiger partial charge < -0.3 is 14.6 Å². The van der Waals surface area contributed by atoms with Gasteiger partial charge in [0.2, 0.25) is 0 Å². The number of Topliss-reactive ketones (excluding diaryl/α,β-unsaturated/α-hetero) is 1. The highest BCUT2D eigenvalue weighted by Crippen LogP contribution is 2.27. The molecule has 27 heavy (non-hydrogen) atoms. The summed E-state index contributed by atoms with van der Waals surface area (Å²) >= 11 is 0. The highest BCUT2D eigenvalue weighted by Gasteiger charge is 2.33. The van der Waals surface area contributed by atoms with Gasteiger partial charge in [-0.1, -0.05) is 52.3 Å². The number of ketones is 1. The number of carbonyl (C=O) groups is 2. The first-order valence-electron chi connectivity index (χ1n) is 9.00. The van der Waals surface area contributed by atoms with Gasteiger partial charge in [-0.05, 0) is 30.5 Å². The van der Waals surface area contributed by atoms with Gasteiger partial charge in [-0.3, -0.25) is 9.59 Å². The van der Waals surface area contributed by atoms with E-state index in [1.165, 1.54) is 6.42 Å². The SMILES string of the molecule is C#CC.CC(C)/C=C(\O)OCc1cccc(C2OC(=O)CC2=O)c1.CCC. The molecule has 0 saturated carbocycles. The average molecular weight is 374 g/mol. The van der Waals surface area contributed by atoms with Crippen molar-refractivity contribution in [2.75, 3.05) is 0 Å². The van der Waals surface area contributed by atoms with E-state index in [4.69, 9.17) is 9.47 Å². The second kappa shape index (κ2) is 13.5. The van der Waals surface area contributed by atoms with E-state index in [1.807, 2.05) is 19.9 Å². The van der Waals surface area contributed by atoms with Crippen LogP contribution in [0.5, 0.6) is 0 Å². The molecule has 1 saturated heterocycles. The van der Waals surface area contributed by atoms with Crippen LogP contribution < -0.4 is 0 Å². The van der Waals surface area contributed by atoms with Crippen molar-refractivity contribution in [3.8, 4) is 12.3 Å². The van der Waals surface area contributed by atoms with Crippen LogP contribution in [0.25, 0.3) is 0 Å². The summed E-state index contributed by atoms with van der Waals surface area (Å²) in [7, 11) is 0. The first kappa shape index (κ1) is 24.3. The molecule has 1 unspecified atom stereocenters. The Kier molecular flexibility index (Phi) is 12.1. The average Bonchev–Trinajstić information content (AvgIpc) is 2.93. The van der Waals surface area contributed by atoms with E-state index in [1.54, 1.807) is 31.2 Å². The Bertz CT molecular complexity index is 668. The summed E-state index contributed by atoms with van der Waals surface area (Å²) in [5, 5.41) is 9.55. The Morgan fingerprint density at radius 1 is 1.41 bits per heavy atom. The van der Waals surface area contributed by atoms with Crippen molar-refractivity contribution < 1.29 is 24.2 Å². The number of aliphatic hydroxyl groups excluding tert-OH is 1. The maximum Gasteiger partial charge on any atom is 0.314 e. The molecule has 0 aromatic heterocycles. The first-order valence-corrected chi connectivity index (χ1v) is 9.00. The number of benzene rings is 1. The fourth-order valence-corrected chi connectivity index (χ4v) is 2.06. The molecule has 1 atom stereocenters. The Morgan fingerprint density at radius 2 is 2.00 bits per heavy atom. The van der Waals surface area contributed by atoms with Crippen molar-refractivity contribution in [2.45, 2.75) is 60.2 Å². The Morgan fingerprint density at radius 3 is 2.48 bits per heavy atom. The van der Waals surface area contributed by atoms with E-state index in [2.05, 4.69) is 26.2 Å². The van der Waals surface area contributed by atoms with E-state index in [0.717, 1.165) is 5.56 Å². The van der Waals surface area contributed by atoms with Crippen molar-refractivity contribution in [3.05, 3.63) is 47.4 Å². The predicted molar refractivity (Wildman–Crippen MR) is 106 cm³/mol. The van der Waals surface area contributed by atoms with Gasteiger partial charge >= 0.3 is 5.97 Å². The van der Waals surface area contributed by atoms with Gasteiger partial charge in [0, 0.05) is 5.56 Å². The maximum atomic E-state index is 11.7. The minimum Gasteiger partial charge on any atom is -0.481 e. The monoisotopic (exact) mass is 374 g/mol. The number of allylic oxidation sites excluding steroid dienone is 1. The largest absolute Gasteiger partial charge is 0.481 e. The highest BCUT2D eigenvalue weighted by atomic mass is 16.6. The number of rotatable bonds is 5. The van der Waals surface area contributed by atoms with E-state index < -0.39 is 12.1 Å². The molecule has 1 heterocycles. The van der Waals surface area contributed by atoms with E-state index in [-0.39, 0.29) is 30.7 Å². The Balaban J connectivity index is 0.000000997.